The zero-order chi connectivity index (χ0) is 5.21. The van der Waals surface area contributed by atoms with Crippen molar-refractivity contribution < 1.29 is 73.6 Å². The van der Waals surface area contributed by atoms with Crippen molar-refractivity contribution >= 4 is 73.3 Å². The van der Waals surface area contributed by atoms with Gasteiger partial charge in [0, 0.05) is 0 Å². The average molecular weight is 305 g/mol. The summed E-state index contributed by atoms with van der Waals surface area (Å²) in [6.45, 7) is 0. The number of phosphoric acid groups is 1. The summed E-state index contributed by atoms with van der Waals surface area (Å²) in [5.41, 5.74) is 0. The SMILES string of the molecule is O=P(O)(O)[O][AlH2].[Ba+2].[H-].[H-].[H-].[K+]. The van der Waals surface area contributed by atoms with Gasteiger partial charge in [-0.2, -0.15) is 0 Å². The quantitative estimate of drug-likeness (QED) is 0.379. The fourth-order valence-corrected chi connectivity index (χ4v) is 0. The Morgan fingerprint density at radius 1 is 1.62 bits per heavy atom. The molecule has 0 aromatic heterocycles. The minimum atomic E-state index is -4.08. The van der Waals surface area contributed by atoms with Crippen LogP contribution in [0.1, 0.15) is 4.28 Å². The summed E-state index contributed by atoms with van der Waals surface area (Å²) < 4.78 is 13.2. The van der Waals surface area contributed by atoms with E-state index in [2.05, 4.69) is 3.58 Å². The van der Waals surface area contributed by atoms with Crippen molar-refractivity contribution in [1.29, 1.82) is 0 Å². The van der Waals surface area contributed by atoms with E-state index >= 15 is 0 Å². The molecule has 0 atom stereocenters. The van der Waals surface area contributed by atoms with Crippen molar-refractivity contribution in [3.05, 3.63) is 0 Å². The zero-order valence-electron chi connectivity index (χ0n) is 7.87. The van der Waals surface area contributed by atoms with Crippen LogP contribution in [0.4, 0.5) is 0 Å². The molecule has 42 valence electrons. The van der Waals surface area contributed by atoms with Gasteiger partial charge < -0.3 is 17.6 Å². The molecule has 8 heteroatoms. The first kappa shape index (κ1) is 17.8. The van der Waals surface area contributed by atoms with Crippen LogP contribution >= 0.6 is 7.82 Å². The first-order chi connectivity index (χ1) is 2.56. The van der Waals surface area contributed by atoms with Crippen molar-refractivity contribution in [2.45, 2.75) is 0 Å². The molecule has 0 bridgehead atoms. The maximum Gasteiger partial charge on any atom is 2.00 e. The van der Waals surface area contributed by atoms with Crippen LogP contribution in [-0.2, 0) is 8.14 Å². The zero-order valence-corrected chi connectivity index (χ0v) is 15.3. The molecule has 0 aliphatic carbocycles. The van der Waals surface area contributed by atoms with Crippen LogP contribution in [0.3, 0.4) is 0 Å². The van der Waals surface area contributed by atoms with Crippen molar-refractivity contribution in [3.8, 4) is 0 Å². The van der Waals surface area contributed by atoms with Gasteiger partial charge in [-0.15, -0.1) is 0 Å². The van der Waals surface area contributed by atoms with E-state index in [0.29, 0.717) is 0 Å². The molecule has 0 aromatic carbocycles. The van der Waals surface area contributed by atoms with E-state index in [1.54, 1.807) is 0 Å². The molecule has 0 aromatic rings. The molecule has 2 N–H and O–H groups in total. The van der Waals surface area contributed by atoms with Gasteiger partial charge in [0.2, 0.25) is 0 Å². The molecule has 0 amide bonds. The summed E-state index contributed by atoms with van der Waals surface area (Å²) in [5.74, 6) is 0. The summed E-state index contributed by atoms with van der Waals surface area (Å²) in [6, 6.07) is 0. The Bertz CT molecular complexity index is 89.4. The summed E-state index contributed by atoms with van der Waals surface area (Å²) in [6.07, 6.45) is 0. The maximum atomic E-state index is 9.51. The molecule has 4 nitrogen and oxygen atoms in total. The minimum absolute atomic E-state index is 0. The Hall–Kier alpha value is 3.85. The van der Waals surface area contributed by atoms with Gasteiger partial charge in [-0.3, -0.25) is 0 Å². The van der Waals surface area contributed by atoms with Gasteiger partial charge in [0.1, 0.15) is 0 Å². The molecular weight excluding hydrogens is 298 g/mol. The van der Waals surface area contributed by atoms with Crippen LogP contribution in [0.25, 0.3) is 0 Å². The van der Waals surface area contributed by atoms with Crippen molar-refractivity contribution in [1.82, 2.24) is 0 Å². The number of hydrogen-bond acceptors (Lipinski definition) is 2. The van der Waals surface area contributed by atoms with Crippen LogP contribution in [0.2, 0.25) is 0 Å². The van der Waals surface area contributed by atoms with Crippen LogP contribution in [0.15, 0.2) is 0 Å². The fourth-order valence-electron chi connectivity index (χ4n) is 0. The maximum absolute atomic E-state index is 9.51. The first-order valence-corrected chi connectivity index (χ1v) is 3.52. The second kappa shape index (κ2) is 8.94. The molecular formula is H7AlBaKO4P. The Kier molecular flexibility index (Phi) is 19.9. The van der Waals surface area contributed by atoms with Gasteiger partial charge in [-0.25, -0.2) is 4.57 Å². The molecule has 0 heterocycles. The molecule has 0 rings (SSSR count). The molecule has 0 fully saturated rings. The van der Waals surface area contributed by atoms with E-state index < -0.39 is 7.82 Å². The monoisotopic (exact) mass is 306 g/mol. The standard InChI is InChI=1S/Al.Ba.K.H3O4P.5H/c;;;1-5(2,3)4;;;;;/h;;;(H3,1,2,3,4);;;;;/q+1;+2;+1;;;;3*-1/p-1. The summed E-state index contributed by atoms with van der Waals surface area (Å²) in [5, 5.41) is 0. The van der Waals surface area contributed by atoms with Gasteiger partial charge in [0.15, 0.2) is 0 Å². The van der Waals surface area contributed by atoms with Crippen LogP contribution in [0.5, 0.6) is 0 Å². The Balaban J connectivity index is -0.0000000125. The van der Waals surface area contributed by atoms with Gasteiger partial charge in [-0.05, 0) is 0 Å². The van der Waals surface area contributed by atoms with E-state index in [-0.39, 0.29) is 121 Å². The molecule has 0 aliphatic heterocycles. The predicted octanol–water partition coefficient (Wildman–Crippen LogP) is -4.40. The molecule has 0 radical (unpaired) electrons. The van der Waals surface area contributed by atoms with Gasteiger partial charge in [-0.1, -0.05) is 0 Å². The van der Waals surface area contributed by atoms with Gasteiger partial charge in [0.05, 0.1) is 0 Å². The second-order valence-corrected chi connectivity index (χ2v) is 3.11. The second-order valence-electron chi connectivity index (χ2n) is 0.673. The normalized spacial score (nSPS) is 8.75. The molecule has 0 saturated carbocycles. The Morgan fingerprint density at radius 2 is 1.75 bits per heavy atom. The van der Waals surface area contributed by atoms with Gasteiger partial charge >= 0.3 is 125 Å². The van der Waals surface area contributed by atoms with Crippen LogP contribution in [0, 0.1) is 0 Å². The smallest absolute Gasteiger partial charge is 1.00 e. The summed E-state index contributed by atoms with van der Waals surface area (Å²) in [4.78, 5) is 15.5. The molecule has 0 aliphatic rings. The summed E-state index contributed by atoms with van der Waals surface area (Å²) >= 11 is 0.0849. The van der Waals surface area contributed by atoms with Crippen molar-refractivity contribution in [2.24, 2.45) is 0 Å². The van der Waals surface area contributed by atoms with E-state index in [4.69, 9.17) is 9.79 Å². The topological polar surface area (TPSA) is 66.8 Å². The van der Waals surface area contributed by atoms with Gasteiger partial charge in [0.25, 0.3) is 0 Å². The Labute approximate surface area is 143 Å². The molecule has 0 unspecified atom stereocenters. The largest absolute Gasteiger partial charge is 2.00 e. The predicted molar refractivity (Wildman–Crippen MR) is 30.8 cm³/mol. The van der Waals surface area contributed by atoms with E-state index in [1.807, 2.05) is 0 Å². The van der Waals surface area contributed by atoms with E-state index in [0.717, 1.165) is 0 Å². The molecule has 0 saturated heterocycles. The van der Waals surface area contributed by atoms with Crippen LogP contribution < -0.4 is 51.4 Å². The summed E-state index contributed by atoms with van der Waals surface area (Å²) in [7, 11) is -4.08. The van der Waals surface area contributed by atoms with Crippen molar-refractivity contribution in [3.63, 3.8) is 0 Å². The van der Waals surface area contributed by atoms with E-state index in [9.17, 15) is 4.57 Å². The van der Waals surface area contributed by atoms with E-state index in [1.165, 1.54) is 0 Å². The molecule has 0 spiro atoms. The third kappa shape index (κ3) is 16.4. The fraction of sp³-hybridized carbons (Fsp3) is 0. The number of rotatable bonds is 1. The average Bonchev–Trinajstić information content (AvgIpc) is 1.35. The van der Waals surface area contributed by atoms with Crippen molar-refractivity contribution in [2.75, 3.05) is 0 Å². The Morgan fingerprint density at radius 3 is 1.75 bits per heavy atom. The third-order valence-corrected chi connectivity index (χ3v) is 2.14. The third-order valence-electron chi connectivity index (χ3n) is 0.238. The first-order valence-electron chi connectivity index (χ1n) is 1.17. The number of hydrogen-bond donors (Lipinski definition) is 2. The van der Waals surface area contributed by atoms with Crippen LogP contribution in [-0.4, -0.2) is 75.3 Å². The molecule has 8 heavy (non-hydrogen) atoms. The minimum Gasteiger partial charge on any atom is -1.00 e.